The lowest BCUT2D eigenvalue weighted by Gasteiger charge is -2.13. The molecular weight excluding hydrogens is 270 g/mol. The van der Waals surface area contributed by atoms with E-state index in [1.165, 1.54) is 0 Å². The number of halogens is 1. The number of aryl methyl sites for hydroxylation is 1. The third kappa shape index (κ3) is 2.89. The molecule has 0 unspecified atom stereocenters. The van der Waals surface area contributed by atoms with Gasteiger partial charge in [0.05, 0.1) is 11.6 Å². The lowest BCUT2D eigenvalue weighted by molar-refractivity contribution is 0.367. The van der Waals surface area contributed by atoms with E-state index in [2.05, 4.69) is 15.9 Å². The third-order valence-electron chi connectivity index (χ3n) is 2.62. The van der Waals surface area contributed by atoms with Crippen LogP contribution in [0.25, 0.3) is 0 Å². The fourth-order valence-corrected chi connectivity index (χ4v) is 2.43. The van der Waals surface area contributed by atoms with Crippen molar-refractivity contribution in [3.63, 3.8) is 0 Å². The average Bonchev–Trinajstić information content (AvgIpc) is 2.23. The monoisotopic (exact) mass is 287 g/mol. The molecule has 1 aromatic rings. The van der Waals surface area contributed by atoms with E-state index in [4.69, 9.17) is 10.5 Å². The van der Waals surface area contributed by atoms with Crippen LogP contribution in [0.15, 0.2) is 10.5 Å². The van der Waals surface area contributed by atoms with Crippen LogP contribution in [0.3, 0.4) is 0 Å². The van der Waals surface area contributed by atoms with E-state index in [9.17, 15) is 5.11 Å². The Morgan fingerprint density at radius 1 is 1.44 bits per heavy atom. The van der Waals surface area contributed by atoms with Gasteiger partial charge in [0.25, 0.3) is 0 Å². The molecule has 0 saturated heterocycles. The quantitative estimate of drug-likeness (QED) is 0.819. The van der Waals surface area contributed by atoms with Crippen molar-refractivity contribution in [1.29, 1.82) is 0 Å². The van der Waals surface area contributed by atoms with E-state index >= 15 is 0 Å². The van der Waals surface area contributed by atoms with Gasteiger partial charge in [-0.2, -0.15) is 0 Å². The number of rotatable bonds is 5. The molecule has 0 amide bonds. The second-order valence-corrected chi connectivity index (χ2v) is 4.64. The van der Waals surface area contributed by atoms with Crippen LogP contribution in [0.4, 0.5) is 0 Å². The SMILES string of the molecule is COc1c(Br)cc(C)c(CCCCN)c1O. The van der Waals surface area contributed by atoms with Crippen molar-refractivity contribution in [3.05, 3.63) is 21.7 Å². The zero-order valence-electron chi connectivity index (χ0n) is 9.72. The van der Waals surface area contributed by atoms with Gasteiger partial charge in [0.1, 0.15) is 0 Å². The molecule has 0 aliphatic carbocycles. The van der Waals surface area contributed by atoms with E-state index in [1.54, 1.807) is 7.11 Å². The Kier molecular flexibility index (Phi) is 5.09. The Hall–Kier alpha value is -0.740. The van der Waals surface area contributed by atoms with Crippen molar-refractivity contribution < 1.29 is 9.84 Å². The summed E-state index contributed by atoms with van der Waals surface area (Å²) in [5.74, 6) is 0.750. The Balaban J connectivity index is 2.98. The number of methoxy groups -OCH3 is 1. The predicted molar refractivity (Wildman–Crippen MR) is 69.1 cm³/mol. The first kappa shape index (κ1) is 13.3. The maximum atomic E-state index is 10.1. The standard InChI is InChI=1S/C12H18BrNO2/c1-8-7-10(13)12(16-2)11(15)9(8)5-3-4-6-14/h7,15H,3-6,14H2,1-2H3. The molecule has 0 aliphatic rings. The van der Waals surface area contributed by atoms with E-state index < -0.39 is 0 Å². The van der Waals surface area contributed by atoms with Gasteiger partial charge in [-0.05, 0) is 60.3 Å². The summed E-state index contributed by atoms with van der Waals surface area (Å²) in [6, 6.07) is 1.97. The molecule has 0 radical (unpaired) electrons. The first-order chi connectivity index (χ1) is 7.61. The predicted octanol–water partition coefficient (Wildman–Crippen LogP) is 2.75. The number of hydrogen-bond acceptors (Lipinski definition) is 3. The highest BCUT2D eigenvalue weighted by atomic mass is 79.9. The van der Waals surface area contributed by atoms with Gasteiger partial charge in [-0.25, -0.2) is 0 Å². The first-order valence-electron chi connectivity index (χ1n) is 5.36. The molecule has 0 saturated carbocycles. The van der Waals surface area contributed by atoms with E-state index in [1.807, 2.05) is 13.0 Å². The van der Waals surface area contributed by atoms with E-state index in [0.717, 1.165) is 34.9 Å². The van der Waals surface area contributed by atoms with Gasteiger partial charge in [0.15, 0.2) is 11.5 Å². The number of aromatic hydroxyl groups is 1. The van der Waals surface area contributed by atoms with Crippen LogP contribution in [0.5, 0.6) is 11.5 Å². The van der Waals surface area contributed by atoms with Crippen molar-refractivity contribution >= 4 is 15.9 Å². The molecule has 1 rings (SSSR count). The van der Waals surface area contributed by atoms with Crippen LogP contribution in [0, 0.1) is 6.92 Å². The Labute approximate surface area is 105 Å². The van der Waals surface area contributed by atoms with Gasteiger partial charge < -0.3 is 15.6 Å². The summed E-state index contributed by atoms with van der Waals surface area (Å²) in [5, 5.41) is 10.1. The highest BCUT2D eigenvalue weighted by Crippen LogP contribution is 2.39. The number of hydrogen-bond donors (Lipinski definition) is 2. The van der Waals surface area contributed by atoms with Gasteiger partial charge in [-0.1, -0.05) is 0 Å². The van der Waals surface area contributed by atoms with Crippen LogP contribution in [-0.2, 0) is 6.42 Å². The topological polar surface area (TPSA) is 55.5 Å². The largest absolute Gasteiger partial charge is 0.504 e. The number of nitrogens with two attached hydrogens (primary N) is 1. The third-order valence-corrected chi connectivity index (χ3v) is 3.21. The number of phenols is 1. The highest BCUT2D eigenvalue weighted by Gasteiger charge is 2.14. The minimum absolute atomic E-state index is 0.242. The molecule has 16 heavy (non-hydrogen) atoms. The van der Waals surface area contributed by atoms with Crippen molar-refractivity contribution in [1.82, 2.24) is 0 Å². The number of benzene rings is 1. The first-order valence-corrected chi connectivity index (χ1v) is 6.16. The van der Waals surface area contributed by atoms with Crippen LogP contribution in [0.2, 0.25) is 0 Å². The molecule has 1 aromatic carbocycles. The molecule has 4 heteroatoms. The molecule has 3 N–H and O–H groups in total. The van der Waals surface area contributed by atoms with Crippen molar-refractivity contribution in [3.8, 4) is 11.5 Å². The summed E-state index contributed by atoms with van der Waals surface area (Å²) in [4.78, 5) is 0. The summed E-state index contributed by atoms with van der Waals surface area (Å²) in [5.41, 5.74) is 7.48. The Bertz CT molecular complexity index is 367. The van der Waals surface area contributed by atoms with Gasteiger partial charge in [0.2, 0.25) is 0 Å². The second-order valence-electron chi connectivity index (χ2n) is 3.78. The molecule has 3 nitrogen and oxygen atoms in total. The zero-order valence-corrected chi connectivity index (χ0v) is 11.3. The number of unbranched alkanes of at least 4 members (excludes halogenated alkanes) is 1. The fourth-order valence-electron chi connectivity index (χ4n) is 1.74. The summed E-state index contributed by atoms with van der Waals surface area (Å²) < 4.78 is 5.94. The van der Waals surface area contributed by atoms with Gasteiger partial charge in [-0.3, -0.25) is 0 Å². The molecule has 0 aromatic heterocycles. The molecule has 0 bridgehead atoms. The highest BCUT2D eigenvalue weighted by molar-refractivity contribution is 9.10. The number of phenolic OH excluding ortho intramolecular Hbond substituents is 1. The molecule has 0 fully saturated rings. The van der Waals surface area contributed by atoms with Gasteiger partial charge in [0, 0.05) is 5.56 Å². The molecular formula is C12H18BrNO2. The maximum absolute atomic E-state index is 10.1. The van der Waals surface area contributed by atoms with Crippen LogP contribution in [0.1, 0.15) is 24.0 Å². The Morgan fingerprint density at radius 2 is 2.12 bits per heavy atom. The van der Waals surface area contributed by atoms with Crippen molar-refractivity contribution in [2.75, 3.05) is 13.7 Å². The van der Waals surface area contributed by atoms with Gasteiger partial charge in [-0.15, -0.1) is 0 Å². The summed E-state index contributed by atoms with van der Waals surface area (Å²) >= 11 is 3.37. The fraction of sp³-hybridized carbons (Fsp3) is 0.500. The van der Waals surface area contributed by atoms with Crippen LogP contribution in [-0.4, -0.2) is 18.8 Å². The summed E-state index contributed by atoms with van der Waals surface area (Å²) in [6.45, 7) is 2.68. The van der Waals surface area contributed by atoms with Crippen molar-refractivity contribution in [2.45, 2.75) is 26.2 Å². The molecule has 90 valence electrons. The van der Waals surface area contributed by atoms with Crippen molar-refractivity contribution in [2.24, 2.45) is 5.73 Å². The molecule has 0 atom stereocenters. The van der Waals surface area contributed by atoms with Crippen LogP contribution >= 0.6 is 15.9 Å². The molecule has 0 heterocycles. The second kappa shape index (κ2) is 6.11. The molecule has 0 spiro atoms. The van der Waals surface area contributed by atoms with Crippen LogP contribution < -0.4 is 10.5 Å². The normalized spacial score (nSPS) is 10.5. The zero-order chi connectivity index (χ0) is 12.1. The average molecular weight is 288 g/mol. The maximum Gasteiger partial charge on any atom is 0.174 e. The molecule has 0 aliphatic heterocycles. The number of ether oxygens (including phenoxy) is 1. The summed E-state index contributed by atoms with van der Waals surface area (Å²) in [7, 11) is 1.55. The smallest absolute Gasteiger partial charge is 0.174 e. The lowest BCUT2D eigenvalue weighted by Crippen LogP contribution is -2.00. The minimum Gasteiger partial charge on any atom is -0.504 e. The Morgan fingerprint density at radius 3 is 2.69 bits per heavy atom. The lowest BCUT2D eigenvalue weighted by atomic mass is 10.0. The summed E-state index contributed by atoms with van der Waals surface area (Å²) in [6.07, 6.45) is 2.78. The van der Waals surface area contributed by atoms with E-state index in [0.29, 0.717) is 12.3 Å². The van der Waals surface area contributed by atoms with E-state index in [-0.39, 0.29) is 5.75 Å². The minimum atomic E-state index is 0.242. The van der Waals surface area contributed by atoms with Gasteiger partial charge >= 0.3 is 0 Å².